The Hall–Kier alpha value is 0.610. The van der Waals surface area contributed by atoms with Crippen molar-refractivity contribution in [3.63, 3.8) is 0 Å². The molecule has 0 bridgehead atoms. The van der Waals surface area contributed by atoms with Crippen molar-refractivity contribution in [2.75, 3.05) is 0 Å². The van der Waals surface area contributed by atoms with Crippen LogP contribution < -0.4 is 29.6 Å². The van der Waals surface area contributed by atoms with E-state index in [1.54, 1.807) is 0 Å². The van der Waals surface area contributed by atoms with Crippen molar-refractivity contribution < 1.29 is 47.7 Å². The third-order valence-corrected chi connectivity index (χ3v) is 0. The van der Waals surface area contributed by atoms with E-state index in [0.29, 0.717) is 6.29 Å². The Morgan fingerprint density at radius 1 is 1.50 bits per heavy atom. The van der Waals surface area contributed by atoms with Crippen molar-refractivity contribution in [1.82, 2.24) is 0 Å². The number of carbonyl (C=O) groups excluding carboxylic acids is 1. The van der Waals surface area contributed by atoms with Crippen LogP contribution in [-0.2, 0) is 16.2 Å². The maximum atomic E-state index is 8.69. The van der Waals surface area contributed by atoms with E-state index in [9.17, 15) is 0 Å². The molecule has 2 N–H and O–H groups in total. The summed E-state index contributed by atoms with van der Waals surface area (Å²) in [6.07, 6.45) is 0.500. The summed E-state index contributed by atoms with van der Waals surface area (Å²) in [5.74, 6) is 0. The zero-order valence-electron chi connectivity index (χ0n) is 4.40. The van der Waals surface area contributed by atoms with Crippen molar-refractivity contribution in [1.29, 1.82) is 0 Å². The Kier molecular flexibility index (Phi) is 31.0. The summed E-state index contributed by atoms with van der Waals surface area (Å²) < 4.78 is 22.8. The van der Waals surface area contributed by atoms with Crippen LogP contribution in [0.4, 0.5) is 0 Å². The van der Waals surface area contributed by atoms with Crippen LogP contribution in [0.25, 0.3) is 0 Å². The fourth-order valence-electron chi connectivity index (χ4n) is 0. The Balaban J connectivity index is -0.0000000575. The van der Waals surface area contributed by atoms with E-state index in [1.165, 1.54) is 0 Å². The van der Waals surface area contributed by atoms with Crippen LogP contribution in [0.3, 0.4) is 0 Å². The Morgan fingerprint density at radius 2 is 1.50 bits per heavy atom. The summed E-state index contributed by atoms with van der Waals surface area (Å²) in [4.78, 5) is 8.69. The van der Waals surface area contributed by atoms with Crippen LogP contribution in [0.2, 0.25) is 0 Å². The first-order valence-electron chi connectivity index (χ1n) is 1.18. The summed E-state index contributed by atoms with van der Waals surface area (Å²) in [7, 11) is 0. The zero-order valence-corrected chi connectivity index (χ0v) is 7.22. The molecule has 0 saturated heterocycles. The molecule has 0 saturated carbocycles. The summed E-state index contributed by atoms with van der Waals surface area (Å²) in [5.41, 5.74) is 0. The largest absolute Gasteiger partial charge is 1.00 e. The van der Waals surface area contributed by atoms with Crippen molar-refractivity contribution in [2.45, 2.75) is 0 Å². The Labute approximate surface area is 72.1 Å². The quantitative estimate of drug-likeness (QED) is 0.163. The SMILES string of the molecule is O=S(O)O.[CH2-]C=O.[Na+]. The van der Waals surface area contributed by atoms with E-state index in [2.05, 4.69) is 6.92 Å². The van der Waals surface area contributed by atoms with Gasteiger partial charge in [-0.25, -0.2) is 0 Å². The van der Waals surface area contributed by atoms with Crippen molar-refractivity contribution in [2.24, 2.45) is 0 Å². The summed E-state index contributed by atoms with van der Waals surface area (Å²) in [6, 6.07) is 0. The molecular formula is C2H5NaO4S. The van der Waals surface area contributed by atoms with Gasteiger partial charge in [-0.3, -0.25) is 9.11 Å². The van der Waals surface area contributed by atoms with E-state index in [0.717, 1.165) is 0 Å². The van der Waals surface area contributed by atoms with E-state index < -0.39 is 11.4 Å². The van der Waals surface area contributed by atoms with Crippen molar-refractivity contribution in [3.05, 3.63) is 6.92 Å². The average Bonchev–Trinajstić information content (AvgIpc) is 1.33. The second-order valence-electron chi connectivity index (χ2n) is 0.397. The topological polar surface area (TPSA) is 74.6 Å². The van der Waals surface area contributed by atoms with Gasteiger partial charge in [0.05, 0.1) is 0 Å². The monoisotopic (exact) mass is 148 g/mol. The van der Waals surface area contributed by atoms with Crippen molar-refractivity contribution >= 4 is 17.6 Å². The first-order chi connectivity index (χ1) is 3.15. The minimum atomic E-state index is -2.61. The van der Waals surface area contributed by atoms with E-state index >= 15 is 0 Å². The normalized spacial score (nSPS) is 5.88. The van der Waals surface area contributed by atoms with Gasteiger partial charge >= 0.3 is 29.6 Å². The molecule has 8 heavy (non-hydrogen) atoms. The Bertz CT molecular complexity index is 61.1. The molecule has 6 heteroatoms. The summed E-state index contributed by atoms with van der Waals surface area (Å²) in [5, 5.41) is 0. The molecule has 0 aliphatic rings. The number of carbonyl (C=O) groups is 1. The minimum Gasteiger partial charge on any atom is -0.343 e. The van der Waals surface area contributed by atoms with Gasteiger partial charge in [0.2, 0.25) is 0 Å². The van der Waals surface area contributed by atoms with Gasteiger partial charge in [-0.2, -0.15) is 4.21 Å². The van der Waals surface area contributed by atoms with Gasteiger partial charge in [-0.15, -0.1) is 0 Å². The third kappa shape index (κ3) is 559. The predicted molar refractivity (Wildman–Crippen MR) is 24.8 cm³/mol. The van der Waals surface area contributed by atoms with Gasteiger partial charge in [0.15, 0.2) is 0 Å². The van der Waals surface area contributed by atoms with Gasteiger partial charge in [0, 0.05) is 0 Å². The molecule has 0 aromatic carbocycles. The molecule has 0 aromatic rings. The molecule has 0 aliphatic heterocycles. The number of aldehydes is 1. The molecule has 0 aromatic heterocycles. The number of hydrogen-bond donors (Lipinski definition) is 2. The smallest absolute Gasteiger partial charge is 0.343 e. The van der Waals surface area contributed by atoms with E-state index in [1.807, 2.05) is 0 Å². The third-order valence-electron chi connectivity index (χ3n) is 0. The molecule has 0 heterocycles. The number of rotatable bonds is 0. The molecule has 0 radical (unpaired) electrons. The molecule has 0 unspecified atom stereocenters. The van der Waals surface area contributed by atoms with Crippen LogP contribution >= 0.6 is 0 Å². The molecule has 0 rings (SSSR count). The molecule has 0 aliphatic carbocycles. The van der Waals surface area contributed by atoms with Crippen LogP contribution in [-0.4, -0.2) is 19.6 Å². The molecule has 44 valence electrons. The standard InChI is InChI=1S/C2H3O.Na.H2O3S/c1-2-3;;1-4(2)3/h2H,1H2;;(H2,1,2,3)/q-1;+1;. The minimum absolute atomic E-state index is 0. The molecule has 0 fully saturated rings. The van der Waals surface area contributed by atoms with Crippen LogP contribution in [0.5, 0.6) is 0 Å². The van der Waals surface area contributed by atoms with Gasteiger partial charge in [0.25, 0.3) is 11.4 Å². The maximum Gasteiger partial charge on any atom is 1.00 e. The second kappa shape index (κ2) is 15.6. The second-order valence-corrected chi connectivity index (χ2v) is 0.859. The van der Waals surface area contributed by atoms with Crippen LogP contribution in [0.1, 0.15) is 0 Å². The molecular weight excluding hydrogens is 143 g/mol. The zero-order chi connectivity index (χ0) is 6.28. The molecule has 0 atom stereocenters. The van der Waals surface area contributed by atoms with Gasteiger partial charge < -0.3 is 11.7 Å². The van der Waals surface area contributed by atoms with Gasteiger partial charge in [0.1, 0.15) is 0 Å². The summed E-state index contributed by atoms with van der Waals surface area (Å²) >= 11 is -2.61. The van der Waals surface area contributed by atoms with Gasteiger partial charge in [-0.1, -0.05) is 0 Å². The number of hydrogen-bond acceptors (Lipinski definition) is 2. The molecule has 0 spiro atoms. The van der Waals surface area contributed by atoms with E-state index in [-0.39, 0.29) is 29.6 Å². The van der Waals surface area contributed by atoms with Crippen LogP contribution in [0.15, 0.2) is 0 Å². The summed E-state index contributed by atoms with van der Waals surface area (Å²) in [6.45, 7) is 2.81. The molecule has 0 amide bonds. The average molecular weight is 148 g/mol. The first-order valence-corrected chi connectivity index (χ1v) is 2.24. The van der Waals surface area contributed by atoms with E-state index in [4.69, 9.17) is 18.1 Å². The predicted octanol–water partition coefficient (Wildman–Crippen LogP) is -3.30. The maximum absolute atomic E-state index is 8.69. The Morgan fingerprint density at radius 3 is 1.50 bits per heavy atom. The fraction of sp³-hybridized carbons (Fsp3) is 0. The van der Waals surface area contributed by atoms with Crippen molar-refractivity contribution in [3.8, 4) is 0 Å². The van der Waals surface area contributed by atoms with Crippen LogP contribution in [0, 0.1) is 6.92 Å². The first kappa shape index (κ1) is 15.8. The molecule has 4 nitrogen and oxygen atoms in total. The van der Waals surface area contributed by atoms with Gasteiger partial charge in [-0.05, 0) is 6.29 Å². The fourth-order valence-corrected chi connectivity index (χ4v) is 0.